The quantitative estimate of drug-likeness (QED) is 0.732. The Kier molecular flexibility index (Phi) is 7.44. The van der Waals surface area contributed by atoms with E-state index < -0.39 is 23.7 Å². The lowest BCUT2D eigenvalue weighted by molar-refractivity contribution is -0.138. The minimum atomic E-state index is -1.14. The highest BCUT2D eigenvalue weighted by atomic mass is 35.5. The van der Waals surface area contributed by atoms with Crippen molar-refractivity contribution >= 4 is 47.0 Å². The summed E-state index contributed by atoms with van der Waals surface area (Å²) in [5.74, 6) is -0.528. The zero-order valence-corrected chi connectivity index (χ0v) is 15.3. The average molecular weight is 381 g/mol. The lowest BCUT2D eigenvalue weighted by Gasteiger charge is -2.21. The lowest BCUT2D eigenvalue weighted by atomic mass is 10.2. The minimum Gasteiger partial charge on any atom is -0.480 e. The maximum atomic E-state index is 11.6. The van der Waals surface area contributed by atoms with E-state index in [9.17, 15) is 9.59 Å². The van der Waals surface area contributed by atoms with Gasteiger partial charge in [-0.2, -0.15) is 11.8 Å². The standard InChI is InChI=1S/C14H18Cl2N2O4S/c1-14(2,3)22-13(21)18-10(12(19)20)7-23-6-8-5-17-11(16)4-9(8)15/h4-5,10H,6-7H2,1-3H3,(H,18,21)(H,19,20). The number of carboxylic acid groups (broad SMARTS) is 1. The van der Waals surface area contributed by atoms with Crippen LogP contribution in [0.4, 0.5) is 4.79 Å². The number of hydrogen-bond donors (Lipinski definition) is 2. The second-order valence-corrected chi connectivity index (χ2v) is 7.48. The third kappa shape index (κ3) is 7.76. The maximum absolute atomic E-state index is 11.6. The molecular formula is C14H18Cl2N2O4S. The number of carboxylic acids is 1. The Balaban J connectivity index is 2.53. The number of amides is 1. The summed E-state index contributed by atoms with van der Waals surface area (Å²) in [7, 11) is 0. The molecule has 0 aromatic carbocycles. The normalized spacial score (nSPS) is 12.6. The van der Waals surface area contributed by atoms with Gasteiger partial charge in [-0.15, -0.1) is 0 Å². The lowest BCUT2D eigenvalue weighted by Crippen LogP contribution is -2.44. The molecule has 23 heavy (non-hydrogen) atoms. The average Bonchev–Trinajstić information content (AvgIpc) is 2.37. The predicted octanol–water partition coefficient (Wildman–Crippen LogP) is 3.60. The number of rotatable bonds is 6. The molecule has 0 aliphatic carbocycles. The topological polar surface area (TPSA) is 88.5 Å². The fraction of sp³-hybridized carbons (Fsp3) is 0.500. The number of aromatic nitrogens is 1. The van der Waals surface area contributed by atoms with Crippen LogP contribution in [-0.2, 0) is 15.3 Å². The predicted molar refractivity (Wildman–Crippen MR) is 91.2 cm³/mol. The van der Waals surface area contributed by atoms with Crippen molar-refractivity contribution in [2.45, 2.75) is 38.2 Å². The molecule has 0 aliphatic rings. The molecule has 1 aromatic rings. The van der Waals surface area contributed by atoms with E-state index >= 15 is 0 Å². The van der Waals surface area contributed by atoms with Gasteiger partial charge in [-0.05, 0) is 32.4 Å². The third-order valence-electron chi connectivity index (χ3n) is 2.43. The molecule has 1 heterocycles. The van der Waals surface area contributed by atoms with Crippen LogP contribution in [0.5, 0.6) is 0 Å². The van der Waals surface area contributed by atoms with E-state index in [1.807, 2.05) is 0 Å². The smallest absolute Gasteiger partial charge is 0.408 e. The Morgan fingerprint density at radius 3 is 2.61 bits per heavy atom. The van der Waals surface area contributed by atoms with E-state index in [1.54, 1.807) is 20.8 Å². The number of pyridine rings is 1. The van der Waals surface area contributed by atoms with Crippen molar-refractivity contribution in [2.24, 2.45) is 0 Å². The minimum absolute atomic E-state index is 0.160. The first kappa shape index (κ1) is 19.9. The van der Waals surface area contributed by atoms with Gasteiger partial charge in [-0.3, -0.25) is 0 Å². The number of carbonyl (C=O) groups is 2. The van der Waals surface area contributed by atoms with Gasteiger partial charge >= 0.3 is 12.1 Å². The maximum Gasteiger partial charge on any atom is 0.408 e. The third-order valence-corrected chi connectivity index (χ3v) is 4.07. The Morgan fingerprint density at radius 2 is 2.09 bits per heavy atom. The summed E-state index contributed by atoms with van der Waals surface area (Å²) >= 11 is 13.0. The number of ether oxygens (including phenoxy) is 1. The summed E-state index contributed by atoms with van der Waals surface area (Å²) < 4.78 is 5.05. The van der Waals surface area contributed by atoms with E-state index in [-0.39, 0.29) is 5.75 Å². The number of nitrogens with zero attached hydrogens (tertiary/aromatic N) is 1. The summed E-state index contributed by atoms with van der Waals surface area (Å²) in [6, 6.07) is 0.459. The van der Waals surface area contributed by atoms with Gasteiger partial charge in [0.2, 0.25) is 0 Å². The van der Waals surface area contributed by atoms with Gasteiger partial charge in [0.25, 0.3) is 0 Å². The molecule has 1 rings (SSSR count). The monoisotopic (exact) mass is 380 g/mol. The van der Waals surface area contributed by atoms with E-state index in [4.69, 9.17) is 33.0 Å². The van der Waals surface area contributed by atoms with Gasteiger partial charge in [0.1, 0.15) is 16.8 Å². The molecule has 1 atom stereocenters. The van der Waals surface area contributed by atoms with Crippen LogP contribution in [0, 0.1) is 0 Å². The fourth-order valence-corrected chi connectivity index (χ4v) is 2.99. The van der Waals surface area contributed by atoms with Crippen molar-refractivity contribution in [3.63, 3.8) is 0 Å². The SMILES string of the molecule is CC(C)(C)OC(=O)NC(CSCc1cnc(Cl)cc1Cl)C(=O)O. The summed E-state index contributed by atoms with van der Waals surface area (Å²) in [5, 5.41) is 12.3. The largest absolute Gasteiger partial charge is 0.480 e. The fourth-order valence-electron chi connectivity index (χ4n) is 1.45. The molecule has 128 valence electrons. The summed E-state index contributed by atoms with van der Waals surface area (Å²) in [4.78, 5) is 26.8. The van der Waals surface area contributed by atoms with Crippen LogP contribution in [0.2, 0.25) is 10.2 Å². The first-order valence-corrected chi connectivity index (χ1v) is 8.59. The van der Waals surface area contributed by atoms with Crippen LogP contribution < -0.4 is 5.32 Å². The van der Waals surface area contributed by atoms with Crippen molar-refractivity contribution in [3.05, 3.63) is 28.0 Å². The van der Waals surface area contributed by atoms with Crippen LogP contribution >= 0.6 is 35.0 Å². The van der Waals surface area contributed by atoms with Crippen LogP contribution in [0.1, 0.15) is 26.3 Å². The second kappa shape index (κ2) is 8.61. The number of halogens is 2. The van der Waals surface area contributed by atoms with Crippen LogP contribution in [0.15, 0.2) is 12.3 Å². The van der Waals surface area contributed by atoms with Gasteiger partial charge in [0.05, 0.1) is 0 Å². The molecule has 0 saturated carbocycles. The van der Waals surface area contributed by atoms with Gasteiger partial charge < -0.3 is 15.2 Å². The molecule has 2 N–H and O–H groups in total. The van der Waals surface area contributed by atoms with Gasteiger partial charge in [0.15, 0.2) is 0 Å². The van der Waals surface area contributed by atoms with E-state index in [0.29, 0.717) is 15.9 Å². The van der Waals surface area contributed by atoms with Crippen LogP contribution in [0.3, 0.4) is 0 Å². The molecule has 1 unspecified atom stereocenters. The molecular weight excluding hydrogens is 363 g/mol. The molecule has 0 saturated heterocycles. The van der Waals surface area contributed by atoms with Gasteiger partial charge in [-0.1, -0.05) is 23.2 Å². The molecule has 1 aromatic heterocycles. The zero-order valence-electron chi connectivity index (χ0n) is 12.9. The molecule has 6 nitrogen and oxygen atoms in total. The van der Waals surface area contributed by atoms with Crippen molar-refractivity contribution in [2.75, 3.05) is 5.75 Å². The Morgan fingerprint density at radius 1 is 1.43 bits per heavy atom. The van der Waals surface area contributed by atoms with E-state index in [1.165, 1.54) is 24.0 Å². The van der Waals surface area contributed by atoms with Crippen molar-refractivity contribution in [1.29, 1.82) is 0 Å². The molecule has 0 aliphatic heterocycles. The first-order chi connectivity index (χ1) is 10.6. The molecule has 0 spiro atoms. The summed E-state index contributed by atoms with van der Waals surface area (Å²) in [6.45, 7) is 5.10. The van der Waals surface area contributed by atoms with Crippen LogP contribution in [0.25, 0.3) is 0 Å². The Labute approximate surface area is 148 Å². The highest BCUT2D eigenvalue weighted by molar-refractivity contribution is 7.98. The van der Waals surface area contributed by atoms with Crippen molar-refractivity contribution in [1.82, 2.24) is 10.3 Å². The number of hydrogen-bond acceptors (Lipinski definition) is 5. The highest BCUT2D eigenvalue weighted by Crippen LogP contribution is 2.23. The number of alkyl carbamates (subject to hydrolysis) is 1. The molecule has 0 fully saturated rings. The Hall–Kier alpha value is -1.18. The number of nitrogens with one attached hydrogen (secondary N) is 1. The Bertz CT molecular complexity index is 578. The van der Waals surface area contributed by atoms with Crippen molar-refractivity contribution in [3.8, 4) is 0 Å². The number of thioether (sulfide) groups is 1. The van der Waals surface area contributed by atoms with Gasteiger partial charge in [0, 0.05) is 22.7 Å². The number of aliphatic carboxylic acids is 1. The molecule has 0 bridgehead atoms. The highest BCUT2D eigenvalue weighted by Gasteiger charge is 2.24. The molecule has 0 radical (unpaired) electrons. The van der Waals surface area contributed by atoms with E-state index in [0.717, 1.165) is 5.56 Å². The molecule has 9 heteroatoms. The van der Waals surface area contributed by atoms with Crippen LogP contribution in [-0.4, -0.2) is 39.5 Å². The van der Waals surface area contributed by atoms with Gasteiger partial charge in [-0.25, -0.2) is 14.6 Å². The zero-order chi connectivity index (χ0) is 17.6. The first-order valence-electron chi connectivity index (χ1n) is 6.68. The second-order valence-electron chi connectivity index (χ2n) is 5.65. The molecule has 1 amide bonds. The van der Waals surface area contributed by atoms with Crippen molar-refractivity contribution < 1.29 is 19.4 Å². The number of carbonyl (C=O) groups excluding carboxylic acids is 1. The summed E-state index contributed by atoms with van der Waals surface area (Å²) in [6.07, 6.45) is 0.769. The van der Waals surface area contributed by atoms with E-state index in [2.05, 4.69) is 10.3 Å². The summed E-state index contributed by atoms with van der Waals surface area (Å²) in [5.41, 5.74) is 0.0467.